The molecule has 9 heteroatoms. The average molecular weight is 380 g/mol. The van der Waals surface area contributed by atoms with Crippen LogP contribution in [0.2, 0.25) is 0 Å². The van der Waals surface area contributed by atoms with Crippen molar-refractivity contribution in [2.75, 3.05) is 23.3 Å². The largest absolute Gasteiger partial charge is 0.416 e. The van der Waals surface area contributed by atoms with Crippen molar-refractivity contribution in [1.29, 1.82) is 0 Å². The van der Waals surface area contributed by atoms with Gasteiger partial charge in [-0.15, -0.1) is 0 Å². The van der Waals surface area contributed by atoms with Gasteiger partial charge in [0, 0.05) is 37.8 Å². The van der Waals surface area contributed by atoms with Gasteiger partial charge in [-0.3, -0.25) is 9.59 Å². The highest BCUT2D eigenvalue weighted by atomic mass is 19.4. The molecule has 1 N–H and O–H groups in total. The molecular formula is C18H19F3N4O2. The summed E-state index contributed by atoms with van der Waals surface area (Å²) in [4.78, 5) is 25.8. The summed E-state index contributed by atoms with van der Waals surface area (Å²) in [5.74, 6) is 0.0829. The van der Waals surface area contributed by atoms with Crippen molar-refractivity contribution in [3.05, 3.63) is 52.3 Å². The Labute approximate surface area is 153 Å². The zero-order valence-corrected chi connectivity index (χ0v) is 14.7. The van der Waals surface area contributed by atoms with E-state index in [1.54, 1.807) is 13.1 Å². The van der Waals surface area contributed by atoms with E-state index in [-0.39, 0.29) is 23.1 Å². The van der Waals surface area contributed by atoms with Gasteiger partial charge in [-0.1, -0.05) is 6.07 Å². The molecule has 2 heterocycles. The first-order chi connectivity index (χ1) is 12.7. The molecule has 0 spiro atoms. The van der Waals surface area contributed by atoms with Crippen LogP contribution in [0.5, 0.6) is 0 Å². The lowest BCUT2D eigenvalue weighted by molar-refractivity contribution is -0.137. The van der Waals surface area contributed by atoms with E-state index in [2.05, 4.69) is 10.4 Å². The number of alkyl halides is 3. The molecule has 3 rings (SSSR count). The second-order valence-corrected chi connectivity index (χ2v) is 6.48. The number of piperidine rings is 1. The number of aromatic nitrogens is 2. The summed E-state index contributed by atoms with van der Waals surface area (Å²) in [6, 6.07) is 7.69. The van der Waals surface area contributed by atoms with E-state index >= 15 is 0 Å². The number of hydrogen-bond acceptors (Lipinski definition) is 4. The third-order valence-corrected chi connectivity index (χ3v) is 4.59. The van der Waals surface area contributed by atoms with E-state index < -0.39 is 11.7 Å². The number of halogens is 3. The summed E-state index contributed by atoms with van der Waals surface area (Å²) in [5, 5.41) is 6.77. The predicted octanol–water partition coefficient (Wildman–Crippen LogP) is 2.65. The number of amides is 1. The van der Waals surface area contributed by atoms with E-state index in [0.717, 1.165) is 12.1 Å². The Kier molecular flexibility index (Phi) is 5.20. The summed E-state index contributed by atoms with van der Waals surface area (Å²) in [6.07, 6.45) is -3.35. The standard InChI is InChI=1S/C18H19F3N4O2/c1-24-16(26)6-5-15(23-24)25-9-7-12(8-10-25)17(27)22-14-4-2-3-13(11-14)18(19,20)21/h2-6,11-12H,7-10H2,1H3,(H,22,27). The van der Waals surface area contributed by atoms with Gasteiger partial charge in [0.25, 0.3) is 5.56 Å². The average Bonchev–Trinajstić information content (AvgIpc) is 2.63. The van der Waals surface area contributed by atoms with Crippen molar-refractivity contribution in [3.8, 4) is 0 Å². The van der Waals surface area contributed by atoms with Crippen molar-refractivity contribution >= 4 is 17.4 Å². The van der Waals surface area contributed by atoms with Crippen LogP contribution < -0.4 is 15.8 Å². The highest BCUT2D eigenvalue weighted by Gasteiger charge is 2.31. The lowest BCUT2D eigenvalue weighted by atomic mass is 9.95. The highest BCUT2D eigenvalue weighted by molar-refractivity contribution is 5.92. The van der Waals surface area contributed by atoms with E-state index in [1.165, 1.54) is 22.9 Å². The van der Waals surface area contributed by atoms with Crippen LogP contribution in [0.1, 0.15) is 18.4 Å². The number of rotatable bonds is 3. The van der Waals surface area contributed by atoms with Gasteiger partial charge in [-0.25, -0.2) is 4.68 Å². The number of anilines is 2. The quantitative estimate of drug-likeness (QED) is 0.889. The monoisotopic (exact) mass is 380 g/mol. The third kappa shape index (κ3) is 4.47. The molecule has 0 saturated carbocycles. The molecule has 27 heavy (non-hydrogen) atoms. The van der Waals surface area contributed by atoms with E-state index in [9.17, 15) is 22.8 Å². The molecule has 1 fully saturated rings. The van der Waals surface area contributed by atoms with Crippen molar-refractivity contribution in [2.45, 2.75) is 19.0 Å². The van der Waals surface area contributed by atoms with Crippen LogP contribution in [0.25, 0.3) is 0 Å². The molecule has 0 aliphatic carbocycles. The van der Waals surface area contributed by atoms with Gasteiger partial charge in [-0.2, -0.15) is 18.3 Å². The fourth-order valence-electron chi connectivity index (χ4n) is 3.05. The van der Waals surface area contributed by atoms with Crippen LogP contribution in [-0.4, -0.2) is 28.8 Å². The van der Waals surface area contributed by atoms with Crippen LogP contribution in [-0.2, 0) is 18.0 Å². The topological polar surface area (TPSA) is 67.2 Å². The number of aryl methyl sites for hydroxylation is 1. The molecule has 1 aromatic heterocycles. The first-order valence-corrected chi connectivity index (χ1v) is 8.51. The Morgan fingerprint density at radius 1 is 1.19 bits per heavy atom. The number of carbonyl (C=O) groups is 1. The molecule has 1 aromatic carbocycles. The summed E-state index contributed by atoms with van der Waals surface area (Å²) in [5.41, 5.74) is -0.859. The first-order valence-electron chi connectivity index (χ1n) is 8.51. The summed E-state index contributed by atoms with van der Waals surface area (Å²) < 4.78 is 39.6. The zero-order chi connectivity index (χ0) is 19.6. The summed E-state index contributed by atoms with van der Waals surface area (Å²) in [6.45, 7) is 1.15. The van der Waals surface area contributed by atoms with E-state index in [1.807, 2.05) is 4.90 Å². The van der Waals surface area contributed by atoms with Gasteiger partial charge < -0.3 is 10.2 Å². The van der Waals surface area contributed by atoms with Crippen LogP contribution in [0.4, 0.5) is 24.7 Å². The molecule has 0 radical (unpaired) electrons. The minimum atomic E-state index is -4.45. The summed E-state index contributed by atoms with van der Waals surface area (Å²) >= 11 is 0. The molecule has 0 unspecified atom stereocenters. The maximum Gasteiger partial charge on any atom is 0.416 e. The predicted molar refractivity (Wildman–Crippen MR) is 94.5 cm³/mol. The zero-order valence-electron chi connectivity index (χ0n) is 14.7. The molecule has 0 atom stereocenters. The van der Waals surface area contributed by atoms with Crippen LogP contribution in [0, 0.1) is 5.92 Å². The Balaban J connectivity index is 1.60. The number of nitrogens with zero attached hydrogens (tertiary/aromatic N) is 3. The second kappa shape index (κ2) is 7.42. The molecular weight excluding hydrogens is 361 g/mol. The number of benzene rings is 1. The SMILES string of the molecule is Cn1nc(N2CCC(C(=O)Nc3cccc(C(F)(F)F)c3)CC2)ccc1=O. The van der Waals surface area contributed by atoms with Gasteiger partial charge in [0.2, 0.25) is 5.91 Å². The van der Waals surface area contributed by atoms with Crippen molar-refractivity contribution in [3.63, 3.8) is 0 Å². The Morgan fingerprint density at radius 2 is 1.89 bits per heavy atom. The molecule has 1 aliphatic rings. The lowest BCUT2D eigenvalue weighted by Gasteiger charge is -2.32. The molecule has 2 aromatic rings. The van der Waals surface area contributed by atoms with Crippen LogP contribution in [0.15, 0.2) is 41.2 Å². The van der Waals surface area contributed by atoms with Gasteiger partial charge in [0.15, 0.2) is 0 Å². The summed E-state index contributed by atoms with van der Waals surface area (Å²) in [7, 11) is 1.57. The fraction of sp³-hybridized carbons (Fsp3) is 0.389. The third-order valence-electron chi connectivity index (χ3n) is 4.59. The van der Waals surface area contributed by atoms with Crippen molar-refractivity contribution < 1.29 is 18.0 Å². The molecule has 0 bridgehead atoms. The smallest absolute Gasteiger partial charge is 0.355 e. The Bertz CT molecular complexity index is 887. The first kappa shape index (κ1) is 18.9. The Morgan fingerprint density at radius 3 is 2.52 bits per heavy atom. The fourth-order valence-corrected chi connectivity index (χ4v) is 3.05. The molecule has 1 amide bonds. The van der Waals surface area contributed by atoms with Crippen molar-refractivity contribution in [2.24, 2.45) is 13.0 Å². The number of nitrogens with one attached hydrogen (secondary N) is 1. The van der Waals surface area contributed by atoms with E-state index in [0.29, 0.717) is 31.7 Å². The van der Waals surface area contributed by atoms with Gasteiger partial charge in [0.1, 0.15) is 5.82 Å². The van der Waals surface area contributed by atoms with Gasteiger partial charge in [0.05, 0.1) is 5.56 Å². The molecule has 1 aliphatic heterocycles. The molecule has 1 saturated heterocycles. The maximum atomic E-state index is 12.8. The normalized spacial score (nSPS) is 15.6. The molecule has 144 valence electrons. The van der Waals surface area contributed by atoms with Crippen LogP contribution in [0.3, 0.4) is 0 Å². The van der Waals surface area contributed by atoms with Gasteiger partial charge >= 0.3 is 6.18 Å². The van der Waals surface area contributed by atoms with Crippen LogP contribution >= 0.6 is 0 Å². The highest BCUT2D eigenvalue weighted by Crippen LogP contribution is 2.31. The number of carbonyl (C=O) groups excluding carboxylic acids is 1. The van der Waals surface area contributed by atoms with E-state index in [4.69, 9.17) is 0 Å². The minimum absolute atomic E-state index is 0.136. The Hall–Kier alpha value is -2.84. The maximum absolute atomic E-state index is 12.8. The number of hydrogen-bond donors (Lipinski definition) is 1. The lowest BCUT2D eigenvalue weighted by Crippen LogP contribution is -2.39. The minimum Gasteiger partial charge on any atom is -0.355 e. The van der Waals surface area contributed by atoms with Crippen molar-refractivity contribution in [1.82, 2.24) is 9.78 Å². The second-order valence-electron chi connectivity index (χ2n) is 6.48. The van der Waals surface area contributed by atoms with Gasteiger partial charge in [-0.05, 0) is 37.1 Å². The molecule has 6 nitrogen and oxygen atoms in total.